The zero-order chi connectivity index (χ0) is 11.5. The molecule has 0 fully saturated rings. The summed E-state index contributed by atoms with van der Waals surface area (Å²) in [4.78, 5) is 0. The highest BCUT2D eigenvalue weighted by Crippen LogP contribution is 2.25. The lowest BCUT2D eigenvalue weighted by Gasteiger charge is -1.93. The third kappa shape index (κ3) is 2.33. The Kier molecular flexibility index (Phi) is 3.08. The van der Waals surface area contributed by atoms with E-state index in [4.69, 9.17) is 0 Å². The van der Waals surface area contributed by atoms with Gasteiger partial charge in [0.25, 0.3) is 0 Å². The van der Waals surface area contributed by atoms with Crippen molar-refractivity contribution in [3.63, 3.8) is 0 Å². The minimum Gasteiger partial charge on any atom is -0.143 e. The predicted octanol–water partition coefficient (Wildman–Crippen LogP) is 5.22. The molecule has 0 radical (unpaired) electrons. The quantitative estimate of drug-likeness (QED) is 0.517. The third-order valence-electron chi connectivity index (χ3n) is 2.76. The lowest BCUT2D eigenvalue weighted by atomic mass is 10.1. The molecule has 1 aliphatic carbocycles. The standard InChI is InChI=1S/C9H8.C6H4S2/c1-2-5-9-7-3-6-8(9)4-1;1-3-7-6-2-4-8-5(1)6/h1-6H,7H2;1-4H. The molecule has 0 atom stereocenters. The molecule has 1 aliphatic rings. The van der Waals surface area contributed by atoms with Crippen LogP contribution in [0.15, 0.2) is 53.2 Å². The van der Waals surface area contributed by atoms with Crippen LogP contribution in [-0.4, -0.2) is 0 Å². The highest BCUT2D eigenvalue weighted by molar-refractivity contribution is 7.25. The summed E-state index contributed by atoms with van der Waals surface area (Å²) in [5.74, 6) is 0. The van der Waals surface area contributed by atoms with Gasteiger partial charge in [-0.25, -0.2) is 0 Å². The van der Waals surface area contributed by atoms with E-state index in [9.17, 15) is 0 Å². The molecule has 3 aromatic rings. The Morgan fingerprint density at radius 2 is 1.53 bits per heavy atom. The normalized spacial score (nSPS) is 12.2. The molecule has 17 heavy (non-hydrogen) atoms. The maximum atomic E-state index is 2.20. The Labute approximate surface area is 109 Å². The van der Waals surface area contributed by atoms with Gasteiger partial charge in [-0.05, 0) is 40.4 Å². The van der Waals surface area contributed by atoms with Gasteiger partial charge in [0.15, 0.2) is 0 Å². The van der Waals surface area contributed by atoms with E-state index in [1.54, 1.807) is 22.7 Å². The van der Waals surface area contributed by atoms with Crippen molar-refractivity contribution in [1.82, 2.24) is 0 Å². The Bertz CT molecular complexity index is 592. The molecule has 0 aliphatic heterocycles. The van der Waals surface area contributed by atoms with Gasteiger partial charge in [0.2, 0.25) is 0 Å². The number of thiophene rings is 2. The smallest absolute Gasteiger partial charge is 0.0450 e. The van der Waals surface area contributed by atoms with Crippen molar-refractivity contribution < 1.29 is 0 Å². The highest BCUT2D eigenvalue weighted by Gasteiger charge is 2.00. The van der Waals surface area contributed by atoms with Gasteiger partial charge < -0.3 is 0 Å². The molecule has 0 spiro atoms. The summed E-state index contributed by atoms with van der Waals surface area (Å²) >= 11 is 3.61. The van der Waals surface area contributed by atoms with Crippen LogP contribution in [0.2, 0.25) is 0 Å². The van der Waals surface area contributed by atoms with Crippen LogP contribution >= 0.6 is 22.7 Å². The number of hydrogen-bond donors (Lipinski definition) is 0. The lowest BCUT2D eigenvalue weighted by molar-refractivity contribution is 1.31. The molecule has 0 saturated heterocycles. The van der Waals surface area contributed by atoms with Crippen molar-refractivity contribution in [3.05, 3.63) is 64.4 Å². The van der Waals surface area contributed by atoms with Crippen LogP contribution in [0.1, 0.15) is 11.1 Å². The van der Waals surface area contributed by atoms with Gasteiger partial charge >= 0.3 is 0 Å². The van der Waals surface area contributed by atoms with Crippen molar-refractivity contribution in [1.29, 1.82) is 0 Å². The topological polar surface area (TPSA) is 0 Å². The van der Waals surface area contributed by atoms with E-state index in [1.807, 2.05) is 0 Å². The molecule has 2 heteroatoms. The van der Waals surface area contributed by atoms with Gasteiger partial charge in [-0.2, -0.15) is 0 Å². The van der Waals surface area contributed by atoms with E-state index in [0.717, 1.165) is 6.42 Å². The molecule has 2 heterocycles. The zero-order valence-electron chi connectivity index (χ0n) is 9.30. The zero-order valence-corrected chi connectivity index (χ0v) is 10.9. The van der Waals surface area contributed by atoms with E-state index >= 15 is 0 Å². The van der Waals surface area contributed by atoms with E-state index < -0.39 is 0 Å². The Morgan fingerprint density at radius 3 is 2.24 bits per heavy atom. The first kappa shape index (κ1) is 10.8. The average molecular weight is 256 g/mol. The predicted molar refractivity (Wildman–Crippen MR) is 78.9 cm³/mol. The van der Waals surface area contributed by atoms with Gasteiger partial charge in [-0.1, -0.05) is 36.4 Å². The van der Waals surface area contributed by atoms with Crippen molar-refractivity contribution >= 4 is 38.1 Å². The largest absolute Gasteiger partial charge is 0.143 e. The summed E-state index contributed by atoms with van der Waals surface area (Å²) in [5, 5.41) is 4.25. The van der Waals surface area contributed by atoms with Crippen LogP contribution < -0.4 is 0 Å². The number of allylic oxidation sites excluding steroid dienone is 1. The first-order valence-electron chi connectivity index (χ1n) is 5.58. The van der Waals surface area contributed by atoms with E-state index in [1.165, 1.54) is 20.5 Å². The molecule has 84 valence electrons. The fraction of sp³-hybridized carbons (Fsp3) is 0.0667. The van der Waals surface area contributed by atoms with Gasteiger partial charge in [-0.3, -0.25) is 0 Å². The molecular formula is C15H12S2. The number of benzene rings is 1. The monoisotopic (exact) mass is 256 g/mol. The molecule has 2 aromatic heterocycles. The number of fused-ring (bicyclic) bond motifs is 2. The van der Waals surface area contributed by atoms with Gasteiger partial charge in [0.05, 0.1) is 0 Å². The molecule has 0 bridgehead atoms. The van der Waals surface area contributed by atoms with Crippen LogP contribution in [0.25, 0.3) is 15.5 Å². The van der Waals surface area contributed by atoms with Crippen LogP contribution in [-0.2, 0) is 6.42 Å². The molecule has 0 nitrogen and oxygen atoms in total. The summed E-state index contributed by atoms with van der Waals surface area (Å²) in [5.41, 5.74) is 2.84. The minimum atomic E-state index is 1.12. The summed E-state index contributed by atoms with van der Waals surface area (Å²) in [6.45, 7) is 0. The maximum absolute atomic E-state index is 2.20. The van der Waals surface area contributed by atoms with Crippen LogP contribution in [0.3, 0.4) is 0 Å². The molecule has 0 unspecified atom stereocenters. The van der Waals surface area contributed by atoms with E-state index in [-0.39, 0.29) is 0 Å². The van der Waals surface area contributed by atoms with E-state index in [2.05, 4.69) is 59.3 Å². The SMILES string of the molecule is C1=Cc2ccccc2C1.c1cc2sccc2s1. The van der Waals surface area contributed by atoms with Crippen molar-refractivity contribution in [2.45, 2.75) is 6.42 Å². The molecule has 0 N–H and O–H groups in total. The molecule has 0 amide bonds. The summed E-state index contributed by atoms with van der Waals surface area (Å²) in [6.07, 6.45) is 5.50. The van der Waals surface area contributed by atoms with Gasteiger partial charge in [0.1, 0.15) is 0 Å². The number of rotatable bonds is 0. The fourth-order valence-corrected chi connectivity index (χ4v) is 3.72. The fourth-order valence-electron chi connectivity index (χ4n) is 1.89. The van der Waals surface area contributed by atoms with Crippen LogP contribution in [0.5, 0.6) is 0 Å². The summed E-state index contributed by atoms with van der Waals surface area (Å²) in [6, 6.07) is 12.8. The average Bonchev–Trinajstić information content (AvgIpc) is 3.06. The first-order chi connectivity index (χ1) is 8.43. The van der Waals surface area contributed by atoms with Crippen molar-refractivity contribution in [2.24, 2.45) is 0 Å². The van der Waals surface area contributed by atoms with Gasteiger partial charge in [-0.15, -0.1) is 22.7 Å². The van der Waals surface area contributed by atoms with Crippen molar-refractivity contribution in [2.75, 3.05) is 0 Å². The molecule has 1 aromatic carbocycles. The highest BCUT2D eigenvalue weighted by atomic mass is 32.1. The van der Waals surface area contributed by atoms with E-state index in [0.29, 0.717) is 0 Å². The second-order valence-electron chi connectivity index (χ2n) is 3.88. The van der Waals surface area contributed by atoms with Crippen molar-refractivity contribution in [3.8, 4) is 0 Å². The maximum Gasteiger partial charge on any atom is 0.0450 e. The minimum absolute atomic E-state index is 1.12. The Balaban J connectivity index is 0.000000107. The molecule has 4 rings (SSSR count). The Morgan fingerprint density at radius 1 is 0.824 bits per heavy atom. The van der Waals surface area contributed by atoms with Gasteiger partial charge in [0, 0.05) is 9.40 Å². The third-order valence-corrected chi connectivity index (χ3v) is 4.66. The molecular weight excluding hydrogens is 244 g/mol. The second kappa shape index (κ2) is 4.86. The summed E-state index contributed by atoms with van der Waals surface area (Å²) in [7, 11) is 0. The summed E-state index contributed by atoms with van der Waals surface area (Å²) < 4.78 is 2.82. The molecule has 0 saturated carbocycles. The first-order valence-corrected chi connectivity index (χ1v) is 7.34. The van der Waals surface area contributed by atoms with Crippen LogP contribution in [0, 0.1) is 0 Å². The lowest BCUT2D eigenvalue weighted by Crippen LogP contribution is -1.76. The second-order valence-corrected chi connectivity index (χ2v) is 5.77. The Hall–Kier alpha value is -1.38. The van der Waals surface area contributed by atoms with Crippen LogP contribution in [0.4, 0.5) is 0 Å². The number of hydrogen-bond acceptors (Lipinski definition) is 2.